The predicted octanol–water partition coefficient (Wildman–Crippen LogP) is 16.7. The van der Waals surface area contributed by atoms with Gasteiger partial charge in [0.15, 0.2) is 0 Å². The summed E-state index contributed by atoms with van der Waals surface area (Å²) in [5.74, 6) is 0.650. The Balaban J connectivity index is 1.21. The minimum absolute atomic E-state index is 0.143. The first-order valence-corrected chi connectivity index (χ1v) is 22.9. The van der Waals surface area contributed by atoms with Crippen LogP contribution < -0.4 is 0 Å². The summed E-state index contributed by atoms with van der Waals surface area (Å²) in [5.41, 5.74) is 15.7. The number of hydrogen-bond acceptors (Lipinski definition) is 3. The highest BCUT2D eigenvalue weighted by atomic mass is 16.3. The van der Waals surface area contributed by atoms with Gasteiger partial charge in [-0.1, -0.05) is 181 Å². The van der Waals surface area contributed by atoms with E-state index in [1.807, 2.05) is 83.6 Å². The van der Waals surface area contributed by atoms with Gasteiger partial charge in [-0.25, -0.2) is 4.98 Å². The summed E-state index contributed by atoms with van der Waals surface area (Å²) in [7, 11) is 0. The minimum atomic E-state index is -2.43. The van der Waals surface area contributed by atoms with Crippen LogP contribution in [0.2, 0.25) is 0 Å². The molecule has 0 aliphatic rings. The van der Waals surface area contributed by atoms with E-state index in [-0.39, 0.29) is 16.7 Å². The molecule has 4 heteroatoms. The van der Waals surface area contributed by atoms with Crippen molar-refractivity contribution in [3.8, 4) is 89.7 Å². The summed E-state index contributed by atoms with van der Waals surface area (Å²) in [6.07, 6.45) is 1.87. The van der Waals surface area contributed by atoms with E-state index in [9.17, 15) is 5.11 Å². The Bertz CT molecular complexity index is 3530. The van der Waals surface area contributed by atoms with Crippen molar-refractivity contribution in [2.24, 2.45) is 0 Å². The first-order chi connectivity index (χ1) is 33.5. The number of hydrogen-bond donors (Lipinski definition) is 1. The van der Waals surface area contributed by atoms with Gasteiger partial charge < -0.3 is 5.11 Å². The lowest BCUT2D eigenvalue weighted by molar-refractivity contribution is 0.446. The van der Waals surface area contributed by atoms with E-state index in [1.54, 1.807) is 6.07 Å². The van der Waals surface area contributed by atoms with Gasteiger partial charge in [-0.2, -0.15) is 0 Å². The van der Waals surface area contributed by atoms with Crippen LogP contribution in [-0.2, 0) is 10.8 Å². The molecule has 0 aliphatic heterocycles. The molecule has 0 spiro atoms. The van der Waals surface area contributed by atoms with Crippen LogP contribution in [0.3, 0.4) is 0 Å². The molecule has 0 unspecified atom stereocenters. The van der Waals surface area contributed by atoms with Crippen LogP contribution in [0.25, 0.3) is 95.0 Å². The lowest BCUT2D eigenvalue weighted by Gasteiger charge is -2.27. The molecule has 0 bridgehead atoms. The average molecular weight is 873 g/mol. The van der Waals surface area contributed by atoms with Crippen LogP contribution in [0.1, 0.15) is 62.3 Å². The number of phenols is 1. The third-order valence-corrected chi connectivity index (χ3v) is 12.8. The van der Waals surface area contributed by atoms with Gasteiger partial charge in [-0.3, -0.25) is 9.55 Å². The Kier molecular flexibility index (Phi) is 10.1. The normalized spacial score (nSPS) is 12.7. The number of pyridine rings is 1. The third kappa shape index (κ3) is 8.48. The molecule has 0 atom stereocenters. The summed E-state index contributed by atoms with van der Waals surface area (Å²) in [4.78, 5) is 10.5. The van der Waals surface area contributed by atoms with E-state index in [4.69, 9.17) is 14.1 Å². The molecule has 0 saturated carbocycles. The van der Waals surface area contributed by atoms with Gasteiger partial charge in [-0.05, 0) is 133 Å². The summed E-state index contributed by atoms with van der Waals surface area (Å²) < 4.78 is 28.4. The molecular formula is C63H55N3O. The summed E-state index contributed by atoms with van der Waals surface area (Å²) in [6, 6.07) is 65.8. The molecule has 0 amide bonds. The van der Waals surface area contributed by atoms with E-state index in [0.29, 0.717) is 28.2 Å². The number of nitrogens with zero attached hydrogens (tertiary/aromatic N) is 3. The summed E-state index contributed by atoms with van der Waals surface area (Å²) in [5, 5.41) is 12.5. The molecule has 1 N–H and O–H groups in total. The van der Waals surface area contributed by atoms with Crippen molar-refractivity contribution in [3.63, 3.8) is 0 Å². The quantitative estimate of drug-likeness (QED) is 0.165. The zero-order valence-electron chi connectivity index (χ0n) is 41.8. The van der Waals surface area contributed by atoms with Crippen molar-refractivity contribution >= 4 is 11.0 Å². The van der Waals surface area contributed by atoms with Gasteiger partial charge in [0.05, 0.1) is 22.3 Å². The highest BCUT2D eigenvalue weighted by molar-refractivity contribution is 5.98. The van der Waals surface area contributed by atoms with Crippen molar-refractivity contribution < 1.29 is 9.22 Å². The zero-order chi connectivity index (χ0) is 49.0. The number of aromatic hydroxyl groups is 1. The van der Waals surface area contributed by atoms with Crippen LogP contribution in [-0.4, -0.2) is 19.6 Å². The highest BCUT2D eigenvalue weighted by Gasteiger charge is 2.29. The molecule has 0 saturated heterocycles. The number of rotatable bonds is 8. The Hall–Kier alpha value is -7.82. The minimum Gasteiger partial charge on any atom is -0.507 e. The average Bonchev–Trinajstić information content (AvgIpc) is 3.76. The number of aromatic nitrogens is 3. The molecule has 0 radical (unpaired) electrons. The number of aryl methyl sites for hydroxylation is 1. The van der Waals surface area contributed by atoms with Gasteiger partial charge in [0.2, 0.25) is 0 Å². The van der Waals surface area contributed by atoms with Gasteiger partial charge in [0.25, 0.3) is 0 Å². The van der Waals surface area contributed by atoms with Crippen LogP contribution in [0.5, 0.6) is 5.75 Å². The van der Waals surface area contributed by atoms with E-state index < -0.39 is 12.3 Å². The standard InChI is InChI=1S/C63H55N3O/c1-41-34-52(30-31-53(41)46-22-15-10-16-23-46)66-58-25-17-24-54(59(58)65-61(66)55-39-51(62(2,3)4)40-56(60(55)67)63(5,6)7)49-35-48(43-20-13-9-14-21-43)36-50(37-49)57-38-47(32-33-64-57)45-28-26-44(27-29-45)42-18-11-8-12-19-42/h8-40,67H,1-7H3/i1D3. The van der Waals surface area contributed by atoms with Crippen LogP contribution in [0, 0.1) is 6.85 Å². The van der Waals surface area contributed by atoms with Gasteiger partial charge in [0.1, 0.15) is 11.6 Å². The number of imidazole rings is 1. The number of para-hydroxylation sites is 1. The maximum Gasteiger partial charge on any atom is 0.149 e. The lowest BCUT2D eigenvalue weighted by atomic mass is 9.79. The second-order valence-electron chi connectivity index (χ2n) is 19.5. The van der Waals surface area contributed by atoms with Gasteiger partial charge >= 0.3 is 0 Å². The highest BCUT2D eigenvalue weighted by Crippen LogP contribution is 2.45. The van der Waals surface area contributed by atoms with Crippen molar-refractivity contribution in [2.45, 2.75) is 59.2 Å². The first kappa shape index (κ1) is 39.5. The Morgan fingerprint density at radius 1 is 0.463 bits per heavy atom. The Morgan fingerprint density at radius 2 is 1.06 bits per heavy atom. The van der Waals surface area contributed by atoms with Gasteiger partial charge in [0, 0.05) is 32.7 Å². The molecule has 0 aliphatic carbocycles. The smallest absolute Gasteiger partial charge is 0.149 e. The van der Waals surface area contributed by atoms with Crippen molar-refractivity contribution in [1.29, 1.82) is 0 Å². The molecule has 8 aromatic carbocycles. The fraction of sp³-hybridized carbons (Fsp3) is 0.143. The molecular weight excluding hydrogens is 815 g/mol. The molecule has 2 heterocycles. The zero-order valence-corrected chi connectivity index (χ0v) is 38.8. The Labute approximate surface area is 399 Å². The van der Waals surface area contributed by atoms with Crippen molar-refractivity contribution in [3.05, 3.63) is 217 Å². The van der Waals surface area contributed by atoms with Crippen molar-refractivity contribution in [1.82, 2.24) is 14.5 Å². The van der Waals surface area contributed by atoms with Gasteiger partial charge in [-0.15, -0.1) is 0 Å². The number of benzene rings is 8. The lowest BCUT2D eigenvalue weighted by Crippen LogP contribution is -2.17. The Morgan fingerprint density at radius 3 is 1.70 bits per heavy atom. The predicted molar refractivity (Wildman–Crippen MR) is 281 cm³/mol. The van der Waals surface area contributed by atoms with E-state index >= 15 is 0 Å². The maximum absolute atomic E-state index is 12.5. The molecule has 10 aromatic rings. The molecule has 2 aromatic heterocycles. The summed E-state index contributed by atoms with van der Waals surface area (Å²) in [6.45, 7) is 10.4. The monoisotopic (exact) mass is 872 g/mol. The van der Waals surface area contributed by atoms with E-state index in [2.05, 4.69) is 157 Å². The fourth-order valence-corrected chi connectivity index (χ4v) is 9.11. The van der Waals surface area contributed by atoms with Crippen molar-refractivity contribution in [2.75, 3.05) is 0 Å². The second kappa shape index (κ2) is 17.2. The second-order valence-corrected chi connectivity index (χ2v) is 19.5. The first-order valence-electron chi connectivity index (χ1n) is 24.4. The SMILES string of the molecule is [2H]C([2H])([2H])c1cc(-n2c(-c3cc(C(C)(C)C)cc(C(C)(C)C)c3O)nc3c(-c4cc(-c5ccccc5)cc(-c5cc(-c6ccc(-c7ccccc7)cc6)ccn5)c4)cccc32)ccc1-c1ccccc1. The molecule has 10 rings (SSSR count). The number of phenolic OH excluding ortho intramolecular Hbond substituents is 1. The molecule has 67 heavy (non-hydrogen) atoms. The van der Waals surface area contributed by atoms with Crippen LogP contribution in [0.4, 0.5) is 0 Å². The van der Waals surface area contributed by atoms with Crippen LogP contribution >= 0.6 is 0 Å². The molecule has 328 valence electrons. The van der Waals surface area contributed by atoms with E-state index in [1.165, 1.54) is 5.56 Å². The maximum atomic E-state index is 12.5. The topological polar surface area (TPSA) is 50.9 Å². The number of fused-ring (bicyclic) bond motifs is 1. The van der Waals surface area contributed by atoms with E-state index in [0.717, 1.165) is 72.4 Å². The molecule has 4 nitrogen and oxygen atoms in total. The summed E-state index contributed by atoms with van der Waals surface area (Å²) >= 11 is 0. The van der Waals surface area contributed by atoms with Crippen LogP contribution in [0.15, 0.2) is 200 Å². The fourth-order valence-electron chi connectivity index (χ4n) is 9.11. The molecule has 0 fully saturated rings. The largest absolute Gasteiger partial charge is 0.507 e. The third-order valence-electron chi connectivity index (χ3n) is 12.8.